The van der Waals surface area contributed by atoms with E-state index in [4.69, 9.17) is 4.74 Å². The Kier molecular flexibility index (Phi) is 2.87. The zero-order valence-electron chi connectivity index (χ0n) is 7.25. The Morgan fingerprint density at radius 3 is 2.92 bits per heavy atom. The molecule has 2 atom stereocenters. The molecule has 0 aromatic heterocycles. The fourth-order valence-corrected chi connectivity index (χ4v) is 1.28. The van der Waals surface area contributed by atoms with Gasteiger partial charge < -0.3 is 9.84 Å². The lowest BCUT2D eigenvalue weighted by molar-refractivity contribution is -0.143. The molecule has 0 spiro atoms. The molecule has 0 unspecified atom stereocenters. The number of cyclic esters (lactones) is 1. The molecule has 1 saturated heterocycles. The van der Waals surface area contributed by atoms with Crippen molar-refractivity contribution in [1.82, 2.24) is 0 Å². The molecule has 1 fully saturated rings. The van der Waals surface area contributed by atoms with Gasteiger partial charge in [-0.3, -0.25) is 0 Å². The van der Waals surface area contributed by atoms with Crippen molar-refractivity contribution in [3.63, 3.8) is 0 Å². The summed E-state index contributed by atoms with van der Waals surface area (Å²) in [5, 5.41) is 9.47. The fourth-order valence-electron chi connectivity index (χ4n) is 1.28. The SMILES string of the molecule is C=C1C[C@@H]([C@H](O)CCC)OC1=O. The molecule has 68 valence electrons. The maximum Gasteiger partial charge on any atom is 0.333 e. The molecule has 0 saturated carbocycles. The van der Waals surface area contributed by atoms with E-state index in [9.17, 15) is 9.90 Å². The Morgan fingerprint density at radius 2 is 2.50 bits per heavy atom. The van der Waals surface area contributed by atoms with Crippen LogP contribution in [-0.2, 0) is 9.53 Å². The highest BCUT2D eigenvalue weighted by molar-refractivity contribution is 5.89. The van der Waals surface area contributed by atoms with Crippen LogP contribution in [0.15, 0.2) is 12.2 Å². The molecule has 1 N–H and O–H groups in total. The number of esters is 1. The molecular formula is C9H14O3. The van der Waals surface area contributed by atoms with E-state index < -0.39 is 6.10 Å². The Balaban J connectivity index is 2.45. The third kappa shape index (κ3) is 1.85. The van der Waals surface area contributed by atoms with E-state index in [-0.39, 0.29) is 12.1 Å². The van der Waals surface area contributed by atoms with Crippen molar-refractivity contribution in [1.29, 1.82) is 0 Å². The Labute approximate surface area is 72.0 Å². The lowest BCUT2D eigenvalue weighted by atomic mass is 10.1. The van der Waals surface area contributed by atoms with E-state index in [0.717, 1.165) is 6.42 Å². The summed E-state index contributed by atoms with van der Waals surface area (Å²) in [6.45, 7) is 5.52. The topological polar surface area (TPSA) is 46.5 Å². The minimum atomic E-state index is -0.529. The molecule has 0 aromatic carbocycles. The van der Waals surface area contributed by atoms with Crippen molar-refractivity contribution in [2.24, 2.45) is 0 Å². The van der Waals surface area contributed by atoms with Crippen LogP contribution in [0, 0.1) is 0 Å². The highest BCUT2D eigenvalue weighted by Crippen LogP contribution is 2.22. The Bertz CT molecular complexity index is 182. The lowest BCUT2D eigenvalue weighted by Crippen LogP contribution is -2.25. The number of hydrogen-bond acceptors (Lipinski definition) is 3. The average molecular weight is 170 g/mol. The van der Waals surface area contributed by atoms with Gasteiger partial charge in [0.25, 0.3) is 0 Å². The number of aliphatic hydroxyl groups excluding tert-OH is 1. The predicted octanol–water partition coefficient (Wildman–Crippen LogP) is 1.02. The fraction of sp³-hybridized carbons (Fsp3) is 0.667. The van der Waals surface area contributed by atoms with Crippen LogP contribution < -0.4 is 0 Å². The minimum absolute atomic E-state index is 0.357. The van der Waals surface area contributed by atoms with Gasteiger partial charge in [0.1, 0.15) is 6.10 Å². The van der Waals surface area contributed by atoms with E-state index in [1.165, 1.54) is 0 Å². The second kappa shape index (κ2) is 3.72. The highest BCUT2D eigenvalue weighted by Gasteiger charge is 2.32. The number of hydrogen-bond donors (Lipinski definition) is 1. The third-order valence-electron chi connectivity index (χ3n) is 2.01. The average Bonchev–Trinajstić information content (AvgIpc) is 2.33. The van der Waals surface area contributed by atoms with Crippen LogP contribution in [-0.4, -0.2) is 23.3 Å². The van der Waals surface area contributed by atoms with Gasteiger partial charge in [0, 0.05) is 12.0 Å². The standard InChI is InChI=1S/C9H14O3/c1-3-4-7(10)8-5-6(2)9(11)12-8/h7-8,10H,2-5H2,1H3/t7-,8+/m1/s1. The number of aliphatic hydroxyl groups is 1. The van der Waals surface area contributed by atoms with E-state index in [1.807, 2.05) is 6.92 Å². The molecule has 12 heavy (non-hydrogen) atoms. The van der Waals surface area contributed by atoms with Gasteiger partial charge in [0.2, 0.25) is 0 Å². The maximum absolute atomic E-state index is 10.9. The van der Waals surface area contributed by atoms with Crippen LogP contribution >= 0.6 is 0 Å². The summed E-state index contributed by atoms with van der Waals surface area (Å²) < 4.78 is 4.90. The van der Waals surface area contributed by atoms with E-state index >= 15 is 0 Å². The first-order chi connectivity index (χ1) is 5.65. The van der Waals surface area contributed by atoms with Crippen molar-refractivity contribution in [3.05, 3.63) is 12.2 Å². The van der Waals surface area contributed by atoms with Gasteiger partial charge in [0.05, 0.1) is 6.10 Å². The van der Waals surface area contributed by atoms with Gasteiger partial charge in [-0.25, -0.2) is 4.79 Å². The van der Waals surface area contributed by atoms with Gasteiger partial charge in [-0.2, -0.15) is 0 Å². The summed E-state index contributed by atoms with van der Waals surface area (Å²) in [6.07, 6.45) is 1.15. The molecular weight excluding hydrogens is 156 g/mol. The molecule has 0 aromatic rings. The summed E-state index contributed by atoms with van der Waals surface area (Å²) in [4.78, 5) is 10.9. The summed E-state index contributed by atoms with van der Waals surface area (Å²) in [6, 6.07) is 0. The van der Waals surface area contributed by atoms with Crippen LogP contribution in [0.5, 0.6) is 0 Å². The van der Waals surface area contributed by atoms with Crippen LogP contribution in [0.4, 0.5) is 0 Å². The molecule has 3 heteroatoms. The van der Waals surface area contributed by atoms with E-state index in [2.05, 4.69) is 6.58 Å². The van der Waals surface area contributed by atoms with Crippen molar-refractivity contribution >= 4 is 5.97 Å². The molecule has 0 amide bonds. The normalized spacial score (nSPS) is 25.7. The molecule has 3 nitrogen and oxygen atoms in total. The first kappa shape index (κ1) is 9.26. The van der Waals surface area contributed by atoms with Gasteiger partial charge in [-0.05, 0) is 6.42 Å². The molecule has 1 aliphatic rings. The van der Waals surface area contributed by atoms with Gasteiger partial charge in [0.15, 0.2) is 0 Å². The van der Waals surface area contributed by atoms with Gasteiger partial charge in [-0.15, -0.1) is 0 Å². The van der Waals surface area contributed by atoms with E-state index in [0.29, 0.717) is 18.4 Å². The molecule has 1 rings (SSSR count). The molecule has 1 aliphatic heterocycles. The largest absolute Gasteiger partial charge is 0.456 e. The maximum atomic E-state index is 10.9. The zero-order valence-corrected chi connectivity index (χ0v) is 7.25. The second-order valence-corrected chi connectivity index (χ2v) is 3.11. The molecule has 0 radical (unpaired) electrons. The summed E-state index contributed by atoms with van der Waals surface area (Å²) in [5.41, 5.74) is 0.468. The predicted molar refractivity (Wildman–Crippen MR) is 44.6 cm³/mol. The van der Waals surface area contributed by atoms with E-state index in [1.54, 1.807) is 0 Å². The van der Waals surface area contributed by atoms with Crippen LogP contribution in [0.1, 0.15) is 26.2 Å². The number of carbonyl (C=O) groups excluding carboxylic acids is 1. The molecule has 1 heterocycles. The Hall–Kier alpha value is -0.830. The van der Waals surface area contributed by atoms with Gasteiger partial charge >= 0.3 is 5.97 Å². The van der Waals surface area contributed by atoms with Crippen molar-refractivity contribution in [2.75, 3.05) is 0 Å². The highest BCUT2D eigenvalue weighted by atomic mass is 16.6. The summed E-state index contributed by atoms with van der Waals surface area (Å²) in [5.74, 6) is -0.366. The second-order valence-electron chi connectivity index (χ2n) is 3.11. The first-order valence-corrected chi connectivity index (χ1v) is 4.22. The number of carbonyl (C=O) groups is 1. The minimum Gasteiger partial charge on any atom is -0.456 e. The quantitative estimate of drug-likeness (QED) is 0.508. The van der Waals surface area contributed by atoms with Crippen LogP contribution in [0.3, 0.4) is 0 Å². The van der Waals surface area contributed by atoms with Crippen LogP contribution in [0.25, 0.3) is 0 Å². The number of rotatable bonds is 3. The summed E-state index contributed by atoms with van der Waals surface area (Å²) >= 11 is 0. The Morgan fingerprint density at radius 1 is 1.83 bits per heavy atom. The smallest absolute Gasteiger partial charge is 0.333 e. The third-order valence-corrected chi connectivity index (χ3v) is 2.01. The van der Waals surface area contributed by atoms with Crippen LogP contribution in [0.2, 0.25) is 0 Å². The molecule has 0 bridgehead atoms. The van der Waals surface area contributed by atoms with Gasteiger partial charge in [-0.1, -0.05) is 19.9 Å². The van der Waals surface area contributed by atoms with Crippen molar-refractivity contribution in [2.45, 2.75) is 38.4 Å². The summed E-state index contributed by atoms with van der Waals surface area (Å²) in [7, 11) is 0. The van der Waals surface area contributed by atoms with Crippen molar-refractivity contribution in [3.8, 4) is 0 Å². The van der Waals surface area contributed by atoms with Crippen molar-refractivity contribution < 1.29 is 14.6 Å². The zero-order chi connectivity index (χ0) is 9.14. The monoisotopic (exact) mass is 170 g/mol. The first-order valence-electron chi connectivity index (χ1n) is 4.22. The number of ether oxygens (including phenoxy) is 1. The molecule has 0 aliphatic carbocycles. The lowest BCUT2D eigenvalue weighted by Gasteiger charge is -2.14.